The minimum Gasteiger partial charge on any atom is -0.478 e. The Morgan fingerprint density at radius 1 is 1.25 bits per heavy atom. The van der Waals surface area contributed by atoms with E-state index in [0.717, 1.165) is 0 Å². The highest BCUT2D eigenvalue weighted by molar-refractivity contribution is 5.88. The molecule has 9 heteroatoms. The minimum atomic E-state index is -2.59. The average Bonchev–Trinajstić information content (AvgIpc) is 3.37. The highest BCUT2D eigenvalue weighted by atomic mass is 19.3. The fourth-order valence-corrected chi connectivity index (χ4v) is 3.17. The number of hydrogen-bond donors (Lipinski definition) is 2. The number of carboxylic acid groups (broad SMARTS) is 1. The second-order valence-corrected chi connectivity index (χ2v) is 6.76. The standard InChI is InChI=1S/C19H17F2N3O4/c20-15(21)10-28-19(5-6-19)16(25)12-7-13-9-23-24(17(13)22-8-12)14-3-1-11(2-4-14)18(26)27/h1-4,7-9,15-16,25H,5-6,10H2,(H,26,27)/t16-/m1/s1. The molecule has 1 aliphatic rings. The Hall–Kier alpha value is -2.91. The fourth-order valence-electron chi connectivity index (χ4n) is 3.17. The summed E-state index contributed by atoms with van der Waals surface area (Å²) in [5.74, 6) is -1.02. The first-order valence-electron chi connectivity index (χ1n) is 8.67. The second kappa shape index (κ2) is 6.92. The lowest BCUT2D eigenvalue weighted by atomic mass is 10.0. The average molecular weight is 389 g/mol. The molecule has 1 aromatic carbocycles. The van der Waals surface area contributed by atoms with Crippen molar-refractivity contribution in [3.8, 4) is 5.69 Å². The van der Waals surface area contributed by atoms with Crippen molar-refractivity contribution >= 4 is 17.0 Å². The number of alkyl halides is 2. The zero-order valence-electron chi connectivity index (χ0n) is 14.6. The van der Waals surface area contributed by atoms with Crippen molar-refractivity contribution in [3.63, 3.8) is 0 Å². The number of nitrogens with zero attached hydrogens (tertiary/aromatic N) is 3. The van der Waals surface area contributed by atoms with Gasteiger partial charge < -0.3 is 14.9 Å². The number of aliphatic hydroxyl groups is 1. The summed E-state index contributed by atoms with van der Waals surface area (Å²) in [4.78, 5) is 15.3. The Kier molecular flexibility index (Phi) is 4.56. The van der Waals surface area contributed by atoms with E-state index in [4.69, 9.17) is 9.84 Å². The van der Waals surface area contributed by atoms with Crippen LogP contribution in [0.15, 0.2) is 42.7 Å². The van der Waals surface area contributed by atoms with Crippen LogP contribution in [-0.2, 0) is 4.74 Å². The van der Waals surface area contributed by atoms with Gasteiger partial charge in [0.1, 0.15) is 12.7 Å². The summed E-state index contributed by atoms with van der Waals surface area (Å²) in [6, 6.07) is 7.89. The van der Waals surface area contributed by atoms with Gasteiger partial charge in [-0.3, -0.25) is 0 Å². The predicted molar refractivity (Wildman–Crippen MR) is 94.7 cm³/mol. The number of ether oxygens (including phenoxy) is 1. The molecule has 7 nitrogen and oxygen atoms in total. The molecule has 0 saturated heterocycles. The van der Waals surface area contributed by atoms with Gasteiger partial charge in [0.15, 0.2) is 5.65 Å². The molecular weight excluding hydrogens is 372 g/mol. The number of fused-ring (bicyclic) bond motifs is 1. The maximum absolute atomic E-state index is 12.4. The number of halogens is 2. The molecular formula is C19H17F2N3O4. The Balaban J connectivity index is 1.60. The Morgan fingerprint density at radius 2 is 1.96 bits per heavy atom. The topological polar surface area (TPSA) is 97.5 Å². The van der Waals surface area contributed by atoms with Gasteiger partial charge >= 0.3 is 5.97 Å². The number of hydrogen-bond acceptors (Lipinski definition) is 5. The van der Waals surface area contributed by atoms with Crippen LogP contribution in [0.5, 0.6) is 0 Å². The Morgan fingerprint density at radius 3 is 2.57 bits per heavy atom. The maximum Gasteiger partial charge on any atom is 0.335 e. The first-order chi connectivity index (χ1) is 13.4. The molecule has 1 saturated carbocycles. The van der Waals surface area contributed by atoms with Crippen LogP contribution >= 0.6 is 0 Å². The molecule has 1 fully saturated rings. The summed E-state index contributed by atoms with van der Waals surface area (Å²) in [6.07, 6.45) is 0.422. The third-order valence-corrected chi connectivity index (χ3v) is 4.84. The molecule has 4 rings (SSSR count). The van der Waals surface area contributed by atoms with E-state index in [1.165, 1.54) is 18.3 Å². The van der Waals surface area contributed by atoms with Crippen LogP contribution in [0.25, 0.3) is 16.7 Å². The van der Waals surface area contributed by atoms with Crippen molar-refractivity contribution in [1.29, 1.82) is 0 Å². The number of pyridine rings is 1. The molecule has 2 aromatic heterocycles. The quantitative estimate of drug-likeness (QED) is 0.645. The number of rotatable bonds is 7. The number of aromatic nitrogens is 3. The molecule has 1 aliphatic carbocycles. The van der Waals surface area contributed by atoms with E-state index < -0.39 is 30.7 Å². The number of aliphatic hydroxyl groups excluding tert-OH is 1. The Labute approximate surface area is 158 Å². The lowest BCUT2D eigenvalue weighted by Crippen LogP contribution is -2.26. The lowest BCUT2D eigenvalue weighted by Gasteiger charge is -2.23. The van der Waals surface area contributed by atoms with Gasteiger partial charge in [0.25, 0.3) is 6.43 Å². The highest BCUT2D eigenvalue weighted by Gasteiger charge is 2.51. The fraction of sp³-hybridized carbons (Fsp3) is 0.316. The van der Waals surface area contributed by atoms with Crippen molar-refractivity contribution in [3.05, 3.63) is 53.9 Å². The van der Waals surface area contributed by atoms with Gasteiger partial charge in [0, 0.05) is 17.1 Å². The smallest absolute Gasteiger partial charge is 0.335 e. The molecule has 146 valence electrons. The number of benzene rings is 1. The van der Waals surface area contributed by atoms with Crippen molar-refractivity contribution in [2.45, 2.75) is 31.0 Å². The largest absolute Gasteiger partial charge is 0.478 e. The molecule has 2 N–H and O–H groups in total. The number of aromatic carboxylic acids is 1. The molecule has 2 heterocycles. The van der Waals surface area contributed by atoms with E-state index in [2.05, 4.69) is 10.1 Å². The molecule has 0 unspecified atom stereocenters. The van der Waals surface area contributed by atoms with Gasteiger partial charge in [-0.25, -0.2) is 23.2 Å². The van der Waals surface area contributed by atoms with Crippen LogP contribution < -0.4 is 0 Å². The van der Waals surface area contributed by atoms with Crippen LogP contribution in [0.1, 0.15) is 34.9 Å². The normalized spacial score (nSPS) is 16.4. The van der Waals surface area contributed by atoms with Crippen LogP contribution in [0, 0.1) is 0 Å². The molecule has 0 amide bonds. The van der Waals surface area contributed by atoms with Crippen LogP contribution in [-0.4, -0.2) is 49.6 Å². The van der Waals surface area contributed by atoms with E-state index >= 15 is 0 Å². The van der Waals surface area contributed by atoms with Crippen LogP contribution in [0.2, 0.25) is 0 Å². The summed E-state index contributed by atoms with van der Waals surface area (Å²) in [5.41, 5.74) is 0.822. The summed E-state index contributed by atoms with van der Waals surface area (Å²) in [5, 5.41) is 24.5. The number of carbonyl (C=O) groups is 1. The van der Waals surface area contributed by atoms with E-state index in [9.17, 15) is 18.7 Å². The summed E-state index contributed by atoms with van der Waals surface area (Å²) >= 11 is 0. The highest BCUT2D eigenvalue weighted by Crippen LogP contribution is 2.49. The third kappa shape index (κ3) is 3.34. The molecule has 0 aliphatic heterocycles. The summed E-state index contributed by atoms with van der Waals surface area (Å²) in [7, 11) is 0. The van der Waals surface area contributed by atoms with Crippen molar-refractivity contribution < 1.29 is 28.5 Å². The molecule has 0 bridgehead atoms. The third-order valence-electron chi connectivity index (χ3n) is 4.84. The van der Waals surface area contributed by atoms with Crippen molar-refractivity contribution in [1.82, 2.24) is 14.8 Å². The monoisotopic (exact) mass is 389 g/mol. The van der Waals surface area contributed by atoms with Gasteiger partial charge in [-0.05, 0) is 43.2 Å². The van der Waals surface area contributed by atoms with E-state index in [1.807, 2.05) is 0 Å². The zero-order valence-corrected chi connectivity index (χ0v) is 14.6. The van der Waals surface area contributed by atoms with Crippen LogP contribution in [0.4, 0.5) is 8.78 Å². The summed E-state index contributed by atoms with van der Waals surface area (Å²) in [6.45, 7) is -0.711. The SMILES string of the molecule is O=C(O)c1ccc(-n2ncc3cc([C@@H](O)C4(OCC(F)F)CC4)cnc32)cc1. The number of carboxylic acids is 1. The Bertz CT molecular complexity index is 1020. The molecule has 3 aromatic rings. The molecule has 28 heavy (non-hydrogen) atoms. The zero-order chi connectivity index (χ0) is 19.9. The molecule has 1 atom stereocenters. The minimum absolute atomic E-state index is 0.164. The van der Waals surface area contributed by atoms with Gasteiger partial charge in [-0.2, -0.15) is 5.10 Å². The second-order valence-electron chi connectivity index (χ2n) is 6.76. The van der Waals surface area contributed by atoms with E-state index in [1.54, 1.807) is 29.1 Å². The first-order valence-corrected chi connectivity index (χ1v) is 8.67. The predicted octanol–water partition coefficient (Wildman–Crippen LogP) is 2.97. The van der Waals surface area contributed by atoms with Crippen molar-refractivity contribution in [2.75, 3.05) is 6.61 Å². The first kappa shape index (κ1) is 18.5. The van der Waals surface area contributed by atoms with Gasteiger partial charge in [-0.15, -0.1) is 0 Å². The van der Waals surface area contributed by atoms with Gasteiger partial charge in [-0.1, -0.05) is 0 Å². The van der Waals surface area contributed by atoms with Crippen molar-refractivity contribution in [2.24, 2.45) is 0 Å². The van der Waals surface area contributed by atoms with Gasteiger partial charge in [0.2, 0.25) is 0 Å². The van der Waals surface area contributed by atoms with E-state index in [0.29, 0.717) is 35.1 Å². The molecule has 0 spiro atoms. The van der Waals surface area contributed by atoms with E-state index in [-0.39, 0.29) is 5.56 Å². The van der Waals surface area contributed by atoms with Crippen LogP contribution in [0.3, 0.4) is 0 Å². The maximum atomic E-state index is 12.4. The molecule has 0 radical (unpaired) electrons. The lowest BCUT2D eigenvalue weighted by molar-refractivity contribution is -0.0927. The summed E-state index contributed by atoms with van der Waals surface area (Å²) < 4.78 is 31.7. The van der Waals surface area contributed by atoms with Gasteiger partial charge in [0.05, 0.1) is 23.0 Å².